The number of nitrogens with one attached hydrogen (secondary N) is 2. The number of carbonyl (C=O) groups is 3. The minimum Gasteiger partial charge on any atom is -0.465 e. The summed E-state index contributed by atoms with van der Waals surface area (Å²) in [6.07, 6.45) is 0.0799. The van der Waals surface area contributed by atoms with E-state index in [9.17, 15) is 14.4 Å². The molecule has 0 bridgehead atoms. The van der Waals surface area contributed by atoms with Gasteiger partial charge in [0.2, 0.25) is 11.8 Å². The summed E-state index contributed by atoms with van der Waals surface area (Å²) in [4.78, 5) is 36.4. The van der Waals surface area contributed by atoms with E-state index in [1.807, 2.05) is 17.5 Å². The van der Waals surface area contributed by atoms with Crippen LogP contribution in [0, 0.1) is 0 Å². The fraction of sp³-hybridized carbons (Fsp3) is 0.267. The molecule has 0 aliphatic carbocycles. The summed E-state index contributed by atoms with van der Waals surface area (Å²) in [5, 5.41) is 9.04. The van der Waals surface area contributed by atoms with Crippen LogP contribution < -0.4 is 10.6 Å². The van der Waals surface area contributed by atoms with Crippen molar-refractivity contribution in [3.05, 3.63) is 38.7 Å². The van der Waals surface area contributed by atoms with Crippen LogP contribution in [-0.4, -0.2) is 24.9 Å². The van der Waals surface area contributed by atoms with Crippen LogP contribution in [0.15, 0.2) is 29.0 Å². The SMILES string of the molecule is COC(=O)c1sccc1NC(=O)CC(NC(C)=O)c1cccs1. The van der Waals surface area contributed by atoms with Gasteiger partial charge in [0.25, 0.3) is 0 Å². The first-order chi connectivity index (χ1) is 11.0. The number of rotatable bonds is 6. The van der Waals surface area contributed by atoms with Crippen molar-refractivity contribution in [1.82, 2.24) is 5.32 Å². The number of ether oxygens (including phenoxy) is 1. The minimum atomic E-state index is -0.494. The third-order valence-corrected chi connectivity index (χ3v) is 4.84. The Balaban J connectivity index is 2.06. The highest BCUT2D eigenvalue weighted by Crippen LogP contribution is 2.26. The van der Waals surface area contributed by atoms with Gasteiger partial charge in [-0.15, -0.1) is 22.7 Å². The van der Waals surface area contributed by atoms with Gasteiger partial charge in [-0.2, -0.15) is 0 Å². The molecule has 0 aliphatic rings. The zero-order chi connectivity index (χ0) is 16.8. The monoisotopic (exact) mass is 352 g/mol. The van der Waals surface area contributed by atoms with Gasteiger partial charge in [-0.05, 0) is 22.9 Å². The molecule has 2 N–H and O–H groups in total. The molecule has 2 amide bonds. The zero-order valence-electron chi connectivity index (χ0n) is 12.6. The van der Waals surface area contributed by atoms with Gasteiger partial charge in [0.15, 0.2) is 0 Å². The van der Waals surface area contributed by atoms with Crippen LogP contribution in [0.1, 0.15) is 33.9 Å². The number of anilines is 1. The van der Waals surface area contributed by atoms with Gasteiger partial charge in [-0.25, -0.2) is 4.79 Å². The lowest BCUT2D eigenvalue weighted by atomic mass is 10.1. The van der Waals surface area contributed by atoms with Crippen molar-refractivity contribution >= 4 is 46.1 Å². The lowest BCUT2D eigenvalue weighted by molar-refractivity contribution is -0.120. The molecular formula is C15H16N2O4S2. The van der Waals surface area contributed by atoms with Gasteiger partial charge < -0.3 is 15.4 Å². The normalized spacial score (nSPS) is 11.6. The summed E-state index contributed by atoms with van der Waals surface area (Å²) in [6.45, 7) is 1.41. The first-order valence-electron chi connectivity index (χ1n) is 6.77. The Bertz CT molecular complexity index is 694. The first kappa shape index (κ1) is 17.2. The number of methoxy groups -OCH3 is 1. The number of hydrogen-bond acceptors (Lipinski definition) is 6. The maximum absolute atomic E-state index is 12.3. The van der Waals surface area contributed by atoms with Gasteiger partial charge in [0.05, 0.1) is 25.3 Å². The molecule has 2 heterocycles. The Labute approximate surface area is 141 Å². The number of hydrogen-bond donors (Lipinski definition) is 2. The van der Waals surface area contributed by atoms with E-state index in [-0.39, 0.29) is 18.2 Å². The van der Waals surface area contributed by atoms with Gasteiger partial charge >= 0.3 is 5.97 Å². The summed E-state index contributed by atoms with van der Waals surface area (Å²) in [7, 11) is 1.29. The highest BCUT2D eigenvalue weighted by Gasteiger charge is 2.20. The summed E-state index contributed by atoms with van der Waals surface area (Å²) >= 11 is 2.66. The van der Waals surface area contributed by atoms with Gasteiger partial charge in [-0.3, -0.25) is 9.59 Å². The maximum atomic E-state index is 12.3. The molecule has 122 valence electrons. The first-order valence-corrected chi connectivity index (χ1v) is 8.53. The van der Waals surface area contributed by atoms with E-state index in [0.717, 1.165) is 4.88 Å². The van der Waals surface area contributed by atoms with Crippen molar-refractivity contribution in [1.29, 1.82) is 0 Å². The van der Waals surface area contributed by atoms with Crippen LogP contribution >= 0.6 is 22.7 Å². The second-order valence-electron chi connectivity index (χ2n) is 4.68. The number of carbonyl (C=O) groups excluding carboxylic acids is 3. The Kier molecular flexibility index (Phi) is 5.89. The van der Waals surface area contributed by atoms with E-state index in [2.05, 4.69) is 15.4 Å². The zero-order valence-corrected chi connectivity index (χ0v) is 14.3. The van der Waals surface area contributed by atoms with E-state index >= 15 is 0 Å². The molecule has 0 saturated heterocycles. The Morgan fingerprint density at radius 1 is 1.22 bits per heavy atom. The highest BCUT2D eigenvalue weighted by molar-refractivity contribution is 7.12. The molecule has 2 aromatic heterocycles. The molecule has 8 heteroatoms. The average molecular weight is 352 g/mol. The molecule has 0 saturated carbocycles. The average Bonchev–Trinajstić information content (AvgIpc) is 3.16. The molecule has 0 spiro atoms. The largest absolute Gasteiger partial charge is 0.465 e. The quantitative estimate of drug-likeness (QED) is 0.783. The molecule has 1 atom stereocenters. The maximum Gasteiger partial charge on any atom is 0.350 e. The van der Waals surface area contributed by atoms with Gasteiger partial charge in [0.1, 0.15) is 4.88 Å². The molecule has 2 rings (SSSR count). The number of esters is 1. The second-order valence-corrected chi connectivity index (χ2v) is 6.57. The Morgan fingerprint density at radius 3 is 2.61 bits per heavy atom. The van der Waals surface area contributed by atoms with E-state index in [0.29, 0.717) is 10.6 Å². The highest BCUT2D eigenvalue weighted by atomic mass is 32.1. The smallest absolute Gasteiger partial charge is 0.350 e. The van der Waals surface area contributed by atoms with Crippen LogP contribution in [0.25, 0.3) is 0 Å². The minimum absolute atomic E-state index is 0.0799. The lowest BCUT2D eigenvalue weighted by Crippen LogP contribution is -2.29. The van der Waals surface area contributed by atoms with E-state index in [1.54, 1.807) is 11.4 Å². The fourth-order valence-corrected chi connectivity index (χ4v) is 3.55. The molecule has 2 aromatic rings. The number of thiophene rings is 2. The van der Waals surface area contributed by atoms with E-state index in [1.165, 1.54) is 36.7 Å². The van der Waals surface area contributed by atoms with Crippen LogP contribution in [0.5, 0.6) is 0 Å². The molecule has 6 nitrogen and oxygen atoms in total. The van der Waals surface area contributed by atoms with Crippen LogP contribution in [0.2, 0.25) is 0 Å². The van der Waals surface area contributed by atoms with Crippen molar-refractivity contribution in [3.8, 4) is 0 Å². The summed E-state index contributed by atoms with van der Waals surface area (Å²) in [5.74, 6) is -0.991. The van der Waals surface area contributed by atoms with Crippen LogP contribution in [0.3, 0.4) is 0 Å². The van der Waals surface area contributed by atoms with Crippen molar-refractivity contribution in [2.75, 3.05) is 12.4 Å². The van der Waals surface area contributed by atoms with Gasteiger partial charge in [0, 0.05) is 11.8 Å². The summed E-state index contributed by atoms with van der Waals surface area (Å²) in [6, 6.07) is 4.98. The molecular weight excluding hydrogens is 336 g/mol. The summed E-state index contributed by atoms with van der Waals surface area (Å²) < 4.78 is 4.67. The van der Waals surface area contributed by atoms with Crippen molar-refractivity contribution in [3.63, 3.8) is 0 Å². The van der Waals surface area contributed by atoms with Crippen molar-refractivity contribution in [2.45, 2.75) is 19.4 Å². The fourth-order valence-electron chi connectivity index (χ4n) is 2.00. The Hall–Kier alpha value is -2.19. The molecule has 1 unspecified atom stereocenters. The third kappa shape index (κ3) is 4.64. The molecule has 23 heavy (non-hydrogen) atoms. The molecule has 0 aliphatic heterocycles. The van der Waals surface area contributed by atoms with Crippen molar-refractivity contribution in [2.24, 2.45) is 0 Å². The van der Waals surface area contributed by atoms with Crippen molar-refractivity contribution < 1.29 is 19.1 Å². The second kappa shape index (κ2) is 7.89. The van der Waals surface area contributed by atoms with Crippen LogP contribution in [0.4, 0.5) is 5.69 Å². The number of amides is 2. The predicted octanol–water partition coefficient (Wildman–Crippen LogP) is 2.80. The van der Waals surface area contributed by atoms with E-state index < -0.39 is 12.0 Å². The lowest BCUT2D eigenvalue weighted by Gasteiger charge is -2.16. The standard InChI is InChI=1S/C15H16N2O4S2/c1-9(18)16-11(12-4-3-6-22-12)8-13(19)17-10-5-7-23-14(10)15(20)21-2/h3-7,11H,8H2,1-2H3,(H,16,18)(H,17,19). The third-order valence-electron chi connectivity index (χ3n) is 2.96. The van der Waals surface area contributed by atoms with Gasteiger partial charge in [-0.1, -0.05) is 6.07 Å². The molecule has 0 fully saturated rings. The summed E-state index contributed by atoms with van der Waals surface area (Å²) in [5.41, 5.74) is 0.416. The van der Waals surface area contributed by atoms with Crippen LogP contribution in [-0.2, 0) is 14.3 Å². The molecule has 0 radical (unpaired) electrons. The Morgan fingerprint density at radius 2 is 2.00 bits per heavy atom. The molecule has 0 aromatic carbocycles. The topological polar surface area (TPSA) is 84.5 Å². The predicted molar refractivity (Wildman–Crippen MR) is 89.8 cm³/mol. The van der Waals surface area contributed by atoms with E-state index in [4.69, 9.17) is 0 Å².